The summed E-state index contributed by atoms with van der Waals surface area (Å²) in [7, 11) is 1.45. The summed E-state index contributed by atoms with van der Waals surface area (Å²) in [5, 5.41) is 13.5. The van der Waals surface area contributed by atoms with Gasteiger partial charge in [0.1, 0.15) is 5.75 Å². The summed E-state index contributed by atoms with van der Waals surface area (Å²) in [6.07, 6.45) is 0.887. The van der Waals surface area contributed by atoms with Crippen LogP contribution in [0.5, 0.6) is 5.75 Å². The lowest BCUT2D eigenvalue weighted by Gasteiger charge is -2.10. The monoisotopic (exact) mass is 328 g/mol. The minimum absolute atomic E-state index is 0.0970. The van der Waals surface area contributed by atoms with Gasteiger partial charge in [-0.25, -0.2) is 0 Å². The number of nitrogens with one attached hydrogen (secondary N) is 1. The molecular formula is C18H20N2O4. The van der Waals surface area contributed by atoms with E-state index in [1.54, 1.807) is 0 Å². The molecule has 0 atom stereocenters. The normalized spacial score (nSPS) is 10.3. The Hall–Kier alpha value is -2.89. The third kappa shape index (κ3) is 4.32. The minimum Gasteiger partial charge on any atom is -0.495 e. The Bertz CT molecular complexity index is 772. The Balaban J connectivity index is 2.04. The third-order valence-electron chi connectivity index (χ3n) is 3.88. The van der Waals surface area contributed by atoms with Crippen LogP contribution in [0, 0.1) is 24.0 Å². The largest absolute Gasteiger partial charge is 0.495 e. The van der Waals surface area contributed by atoms with Gasteiger partial charge in [-0.2, -0.15) is 0 Å². The molecule has 6 heteroatoms. The van der Waals surface area contributed by atoms with Crippen LogP contribution in [0.4, 0.5) is 11.4 Å². The number of amides is 1. The second kappa shape index (κ2) is 7.59. The third-order valence-corrected chi connectivity index (χ3v) is 3.88. The van der Waals surface area contributed by atoms with Crippen molar-refractivity contribution >= 4 is 17.3 Å². The minimum atomic E-state index is -0.510. The zero-order valence-electron chi connectivity index (χ0n) is 14.0. The summed E-state index contributed by atoms with van der Waals surface area (Å²) in [4.78, 5) is 22.5. The van der Waals surface area contributed by atoms with E-state index < -0.39 is 4.92 Å². The summed E-state index contributed by atoms with van der Waals surface area (Å²) >= 11 is 0. The van der Waals surface area contributed by atoms with Crippen molar-refractivity contribution in [2.75, 3.05) is 12.4 Å². The quantitative estimate of drug-likeness (QED) is 0.646. The number of nitrogens with zero attached hydrogens (tertiary/aromatic N) is 1. The van der Waals surface area contributed by atoms with E-state index in [2.05, 4.69) is 11.4 Å². The zero-order chi connectivity index (χ0) is 17.7. The Labute approximate surface area is 140 Å². The highest BCUT2D eigenvalue weighted by Gasteiger charge is 2.13. The van der Waals surface area contributed by atoms with Crippen LogP contribution in [-0.4, -0.2) is 17.9 Å². The van der Waals surface area contributed by atoms with E-state index in [1.807, 2.05) is 26.0 Å². The second-order valence-corrected chi connectivity index (χ2v) is 5.61. The number of rotatable bonds is 6. The number of hydrogen-bond donors (Lipinski definition) is 1. The van der Waals surface area contributed by atoms with Crippen molar-refractivity contribution in [2.45, 2.75) is 26.7 Å². The van der Waals surface area contributed by atoms with E-state index in [9.17, 15) is 14.9 Å². The van der Waals surface area contributed by atoms with Crippen LogP contribution in [0.15, 0.2) is 36.4 Å². The standard InChI is InChI=1S/C18H20N2O4/c1-12-4-5-14(10-13(12)2)6-9-18(21)19-16-11-15(20(22)23)7-8-17(16)24-3/h4-5,7-8,10-11H,6,9H2,1-3H3,(H,19,21). The molecule has 0 saturated heterocycles. The maximum Gasteiger partial charge on any atom is 0.271 e. The SMILES string of the molecule is COc1ccc([N+](=O)[O-])cc1NC(=O)CCc1ccc(C)c(C)c1. The fraction of sp³-hybridized carbons (Fsp3) is 0.278. The number of anilines is 1. The first-order valence-corrected chi connectivity index (χ1v) is 7.59. The molecule has 0 aliphatic carbocycles. The molecule has 1 amide bonds. The second-order valence-electron chi connectivity index (χ2n) is 5.61. The predicted molar refractivity (Wildman–Crippen MR) is 92.5 cm³/mol. The van der Waals surface area contributed by atoms with E-state index in [-0.39, 0.29) is 18.0 Å². The van der Waals surface area contributed by atoms with Crippen LogP contribution < -0.4 is 10.1 Å². The van der Waals surface area contributed by atoms with E-state index in [4.69, 9.17) is 4.74 Å². The number of non-ortho nitro benzene ring substituents is 1. The highest BCUT2D eigenvalue weighted by atomic mass is 16.6. The number of carbonyl (C=O) groups excluding carboxylic acids is 1. The van der Waals surface area contributed by atoms with Crippen molar-refractivity contribution in [3.8, 4) is 5.75 Å². The van der Waals surface area contributed by atoms with Crippen molar-refractivity contribution in [3.63, 3.8) is 0 Å². The van der Waals surface area contributed by atoms with E-state index >= 15 is 0 Å². The Morgan fingerprint density at radius 2 is 1.92 bits per heavy atom. The molecule has 0 bridgehead atoms. The van der Waals surface area contributed by atoms with Gasteiger partial charge in [0.15, 0.2) is 0 Å². The molecule has 0 fully saturated rings. The molecule has 0 saturated carbocycles. The van der Waals surface area contributed by atoms with Crippen LogP contribution in [0.25, 0.3) is 0 Å². The summed E-state index contributed by atoms with van der Waals surface area (Å²) in [6, 6.07) is 10.2. The molecule has 2 aromatic carbocycles. The fourth-order valence-electron chi connectivity index (χ4n) is 2.34. The van der Waals surface area contributed by atoms with Gasteiger partial charge in [0.25, 0.3) is 5.69 Å². The van der Waals surface area contributed by atoms with Crippen LogP contribution in [-0.2, 0) is 11.2 Å². The van der Waals surface area contributed by atoms with Gasteiger partial charge < -0.3 is 10.1 Å². The van der Waals surface area contributed by atoms with Crippen LogP contribution in [0.1, 0.15) is 23.1 Å². The van der Waals surface area contributed by atoms with Crippen molar-refractivity contribution < 1.29 is 14.5 Å². The average molecular weight is 328 g/mol. The molecule has 24 heavy (non-hydrogen) atoms. The highest BCUT2D eigenvalue weighted by molar-refractivity contribution is 5.92. The fourth-order valence-corrected chi connectivity index (χ4v) is 2.34. The van der Waals surface area contributed by atoms with Crippen molar-refractivity contribution in [2.24, 2.45) is 0 Å². The van der Waals surface area contributed by atoms with E-state index in [1.165, 1.54) is 36.4 Å². The first kappa shape index (κ1) is 17.5. The summed E-state index contributed by atoms with van der Waals surface area (Å²) < 4.78 is 5.14. The lowest BCUT2D eigenvalue weighted by Crippen LogP contribution is -2.13. The van der Waals surface area contributed by atoms with Crippen LogP contribution in [0.2, 0.25) is 0 Å². The molecule has 2 aromatic rings. The van der Waals surface area contributed by atoms with Gasteiger partial charge in [0.05, 0.1) is 17.7 Å². The van der Waals surface area contributed by atoms with Crippen LogP contribution >= 0.6 is 0 Å². The Morgan fingerprint density at radius 3 is 2.54 bits per heavy atom. The maximum atomic E-state index is 12.2. The summed E-state index contributed by atoms with van der Waals surface area (Å²) in [5.74, 6) is 0.173. The number of carbonyl (C=O) groups is 1. The van der Waals surface area contributed by atoms with Crippen molar-refractivity contribution in [3.05, 3.63) is 63.2 Å². The Morgan fingerprint density at radius 1 is 1.17 bits per heavy atom. The van der Waals surface area contributed by atoms with Gasteiger partial charge in [-0.15, -0.1) is 0 Å². The highest BCUT2D eigenvalue weighted by Crippen LogP contribution is 2.29. The lowest BCUT2D eigenvalue weighted by atomic mass is 10.0. The first-order chi connectivity index (χ1) is 11.4. The maximum absolute atomic E-state index is 12.2. The number of nitro benzene ring substituents is 1. The molecule has 0 aliphatic heterocycles. The first-order valence-electron chi connectivity index (χ1n) is 7.59. The number of hydrogen-bond acceptors (Lipinski definition) is 4. The molecule has 0 aromatic heterocycles. The number of nitro groups is 1. The molecule has 0 radical (unpaired) electrons. The van der Waals surface area contributed by atoms with Gasteiger partial charge >= 0.3 is 0 Å². The number of benzene rings is 2. The molecule has 0 unspecified atom stereocenters. The topological polar surface area (TPSA) is 81.5 Å². The van der Waals surface area contributed by atoms with Gasteiger partial charge in [-0.05, 0) is 43.0 Å². The van der Waals surface area contributed by atoms with Gasteiger partial charge in [-0.1, -0.05) is 18.2 Å². The van der Waals surface area contributed by atoms with Gasteiger partial charge in [0.2, 0.25) is 5.91 Å². The zero-order valence-corrected chi connectivity index (χ0v) is 14.0. The molecule has 0 aliphatic rings. The summed E-state index contributed by atoms with van der Waals surface area (Å²) in [6.45, 7) is 4.08. The lowest BCUT2D eigenvalue weighted by molar-refractivity contribution is -0.384. The molecule has 1 N–H and O–H groups in total. The molecular weight excluding hydrogens is 308 g/mol. The molecule has 0 heterocycles. The number of methoxy groups -OCH3 is 1. The van der Waals surface area contributed by atoms with Crippen molar-refractivity contribution in [1.29, 1.82) is 0 Å². The van der Waals surface area contributed by atoms with Crippen LogP contribution in [0.3, 0.4) is 0 Å². The van der Waals surface area contributed by atoms with Gasteiger partial charge in [0, 0.05) is 18.6 Å². The molecule has 6 nitrogen and oxygen atoms in total. The average Bonchev–Trinajstić information content (AvgIpc) is 2.55. The Kier molecular flexibility index (Phi) is 5.52. The van der Waals surface area contributed by atoms with Crippen molar-refractivity contribution in [1.82, 2.24) is 0 Å². The van der Waals surface area contributed by atoms with E-state index in [0.29, 0.717) is 17.9 Å². The van der Waals surface area contributed by atoms with Gasteiger partial charge in [-0.3, -0.25) is 14.9 Å². The number of ether oxygens (including phenoxy) is 1. The predicted octanol–water partition coefficient (Wildman–Crippen LogP) is 3.79. The van der Waals surface area contributed by atoms with E-state index in [0.717, 1.165) is 5.56 Å². The molecule has 126 valence electrons. The molecule has 0 spiro atoms. The smallest absolute Gasteiger partial charge is 0.271 e. The summed E-state index contributed by atoms with van der Waals surface area (Å²) in [5.41, 5.74) is 3.69. The number of aryl methyl sites for hydroxylation is 3. The molecule has 2 rings (SSSR count).